The van der Waals surface area contributed by atoms with E-state index in [-0.39, 0.29) is 0 Å². The average molecular weight is 285 g/mol. The molecule has 0 saturated heterocycles. The molecule has 2 N–H and O–H groups in total. The van der Waals surface area contributed by atoms with Crippen LogP contribution in [0.5, 0.6) is 0 Å². The minimum atomic E-state index is -0.879. The van der Waals surface area contributed by atoms with Crippen LogP contribution in [0.1, 0.15) is 12.0 Å². The minimum absolute atomic E-state index is 0.430. The van der Waals surface area contributed by atoms with Crippen LogP contribution in [-0.4, -0.2) is 16.5 Å². The van der Waals surface area contributed by atoms with Crippen molar-refractivity contribution in [3.63, 3.8) is 0 Å². The van der Waals surface area contributed by atoms with Crippen molar-refractivity contribution in [2.45, 2.75) is 12.8 Å². The van der Waals surface area contributed by atoms with Crippen LogP contribution in [0.2, 0.25) is 0 Å². The molecule has 0 radical (unpaired) electrons. The number of aromatic amines is 1. The number of imidazole rings is 1. The Kier molecular flexibility index (Phi) is 2.67. The zero-order chi connectivity index (χ0) is 14.4. The number of fused-ring (bicyclic) bond motifs is 2. The highest BCUT2D eigenvalue weighted by Gasteiger charge is 2.13. The van der Waals surface area contributed by atoms with E-state index in [1.807, 2.05) is 12.1 Å². The van der Waals surface area contributed by atoms with E-state index in [1.165, 1.54) is 5.56 Å². The first-order chi connectivity index (χ1) is 10.2. The maximum atomic E-state index is 13.3. The Morgan fingerprint density at radius 3 is 2.81 bits per heavy atom. The van der Waals surface area contributed by atoms with Crippen LogP contribution in [0.25, 0.3) is 22.4 Å². The van der Waals surface area contributed by atoms with Crippen molar-refractivity contribution in [2.24, 2.45) is 0 Å². The van der Waals surface area contributed by atoms with Gasteiger partial charge in [0.1, 0.15) is 5.82 Å². The Bertz CT molecular complexity index is 800. The van der Waals surface area contributed by atoms with E-state index < -0.39 is 11.6 Å². The molecule has 0 bridgehead atoms. The summed E-state index contributed by atoms with van der Waals surface area (Å²) in [5, 5.41) is 3.35. The third kappa shape index (κ3) is 2.05. The summed E-state index contributed by atoms with van der Waals surface area (Å²) in [6.45, 7) is 0.996. The third-order valence-electron chi connectivity index (χ3n) is 3.84. The molecule has 5 heteroatoms. The summed E-state index contributed by atoms with van der Waals surface area (Å²) in [5.74, 6) is -1.12. The Balaban J connectivity index is 1.82. The molecule has 0 spiro atoms. The van der Waals surface area contributed by atoms with Gasteiger partial charge in [0.15, 0.2) is 11.6 Å². The van der Waals surface area contributed by atoms with Crippen molar-refractivity contribution >= 4 is 16.7 Å². The summed E-state index contributed by atoms with van der Waals surface area (Å²) in [6, 6.07) is 8.32. The van der Waals surface area contributed by atoms with Crippen molar-refractivity contribution in [2.75, 3.05) is 11.9 Å². The molecular formula is C16H13F2N3. The number of rotatable bonds is 1. The smallest absolute Gasteiger partial charge is 0.161 e. The van der Waals surface area contributed by atoms with E-state index in [2.05, 4.69) is 21.4 Å². The Hall–Kier alpha value is -2.43. The quantitative estimate of drug-likeness (QED) is 0.712. The topological polar surface area (TPSA) is 40.7 Å². The van der Waals surface area contributed by atoms with Crippen LogP contribution in [-0.2, 0) is 6.42 Å². The maximum absolute atomic E-state index is 13.3. The van der Waals surface area contributed by atoms with E-state index in [0.717, 1.165) is 42.8 Å². The van der Waals surface area contributed by atoms with Gasteiger partial charge in [0.05, 0.1) is 11.0 Å². The van der Waals surface area contributed by atoms with Crippen LogP contribution in [0.4, 0.5) is 14.5 Å². The van der Waals surface area contributed by atoms with Crippen LogP contribution in [0.3, 0.4) is 0 Å². The number of nitrogens with one attached hydrogen (secondary N) is 2. The van der Waals surface area contributed by atoms with Crippen molar-refractivity contribution in [3.05, 3.63) is 47.5 Å². The lowest BCUT2D eigenvalue weighted by Crippen LogP contribution is -2.11. The van der Waals surface area contributed by atoms with Gasteiger partial charge in [0.2, 0.25) is 0 Å². The van der Waals surface area contributed by atoms with Crippen LogP contribution in [0, 0.1) is 11.6 Å². The molecule has 21 heavy (non-hydrogen) atoms. The first kappa shape index (κ1) is 12.3. The van der Waals surface area contributed by atoms with Gasteiger partial charge in [-0.15, -0.1) is 0 Å². The van der Waals surface area contributed by atoms with Gasteiger partial charge in [-0.1, -0.05) is 0 Å². The SMILES string of the molecule is Fc1cc2nc(-c3ccc4c(c3)CCCN4)[nH]c2cc1F. The largest absolute Gasteiger partial charge is 0.385 e. The van der Waals surface area contributed by atoms with Crippen molar-refractivity contribution in [1.82, 2.24) is 9.97 Å². The molecule has 2 aromatic carbocycles. The normalized spacial score (nSPS) is 14.0. The van der Waals surface area contributed by atoms with E-state index in [9.17, 15) is 8.78 Å². The number of anilines is 1. The predicted octanol–water partition coefficient (Wildman–Crippen LogP) is 3.87. The highest BCUT2D eigenvalue weighted by atomic mass is 19.2. The molecule has 0 fully saturated rings. The molecule has 1 aliphatic rings. The lowest BCUT2D eigenvalue weighted by molar-refractivity contribution is 0.510. The molecular weight excluding hydrogens is 272 g/mol. The first-order valence-corrected chi connectivity index (χ1v) is 6.93. The Morgan fingerprint density at radius 1 is 1.05 bits per heavy atom. The second-order valence-corrected chi connectivity index (χ2v) is 5.27. The van der Waals surface area contributed by atoms with Gasteiger partial charge >= 0.3 is 0 Å². The lowest BCUT2D eigenvalue weighted by atomic mass is 10.0. The number of aryl methyl sites for hydroxylation is 1. The molecule has 4 rings (SSSR count). The summed E-state index contributed by atoms with van der Waals surface area (Å²) in [7, 11) is 0. The fraction of sp³-hybridized carbons (Fsp3) is 0.188. The van der Waals surface area contributed by atoms with Gasteiger partial charge in [-0.2, -0.15) is 0 Å². The fourth-order valence-electron chi connectivity index (χ4n) is 2.76. The molecule has 0 unspecified atom stereocenters. The highest BCUT2D eigenvalue weighted by molar-refractivity contribution is 5.80. The Labute approximate surface area is 120 Å². The van der Waals surface area contributed by atoms with E-state index in [4.69, 9.17) is 0 Å². The molecule has 1 aromatic heterocycles. The molecule has 0 atom stereocenters. The van der Waals surface area contributed by atoms with Gasteiger partial charge < -0.3 is 10.3 Å². The average Bonchev–Trinajstić information content (AvgIpc) is 2.90. The number of H-pyrrole nitrogens is 1. The Morgan fingerprint density at radius 2 is 1.90 bits per heavy atom. The molecule has 0 aliphatic carbocycles. The van der Waals surface area contributed by atoms with Crippen molar-refractivity contribution < 1.29 is 8.78 Å². The van der Waals surface area contributed by atoms with Crippen LogP contribution < -0.4 is 5.32 Å². The molecule has 0 saturated carbocycles. The first-order valence-electron chi connectivity index (χ1n) is 6.93. The van der Waals surface area contributed by atoms with Gasteiger partial charge in [-0.3, -0.25) is 0 Å². The molecule has 0 amide bonds. The van der Waals surface area contributed by atoms with Gasteiger partial charge in [0.25, 0.3) is 0 Å². The fourth-order valence-corrected chi connectivity index (χ4v) is 2.76. The van der Waals surface area contributed by atoms with Crippen molar-refractivity contribution in [3.8, 4) is 11.4 Å². The number of halogens is 2. The zero-order valence-electron chi connectivity index (χ0n) is 11.2. The second kappa shape index (κ2) is 4.55. The van der Waals surface area contributed by atoms with Crippen LogP contribution in [0.15, 0.2) is 30.3 Å². The molecule has 1 aliphatic heterocycles. The summed E-state index contributed by atoms with van der Waals surface area (Å²) >= 11 is 0. The number of hydrogen-bond donors (Lipinski definition) is 2. The van der Waals surface area contributed by atoms with Gasteiger partial charge in [-0.25, -0.2) is 13.8 Å². The molecule has 3 aromatic rings. The van der Waals surface area contributed by atoms with Gasteiger partial charge in [0, 0.05) is 29.9 Å². The van der Waals surface area contributed by atoms with Crippen LogP contribution >= 0.6 is 0 Å². The lowest BCUT2D eigenvalue weighted by Gasteiger charge is -2.18. The summed E-state index contributed by atoms with van der Waals surface area (Å²) < 4.78 is 26.5. The summed E-state index contributed by atoms with van der Waals surface area (Å²) in [4.78, 5) is 7.40. The van der Waals surface area contributed by atoms with Crippen molar-refractivity contribution in [1.29, 1.82) is 0 Å². The summed E-state index contributed by atoms with van der Waals surface area (Å²) in [5.41, 5.74) is 4.25. The molecule has 106 valence electrons. The standard InChI is InChI=1S/C16H13F2N3/c17-11-7-14-15(8-12(11)18)21-16(20-14)10-3-4-13-9(6-10)2-1-5-19-13/h3-4,6-8,19H,1-2,5H2,(H,20,21). The van der Waals surface area contributed by atoms with Gasteiger partial charge in [-0.05, 0) is 36.6 Å². The predicted molar refractivity (Wildman–Crippen MR) is 78.3 cm³/mol. The highest BCUT2D eigenvalue weighted by Crippen LogP contribution is 2.28. The minimum Gasteiger partial charge on any atom is -0.385 e. The van der Waals surface area contributed by atoms with E-state index in [1.54, 1.807) is 0 Å². The third-order valence-corrected chi connectivity index (χ3v) is 3.84. The monoisotopic (exact) mass is 285 g/mol. The summed E-state index contributed by atoms with van der Waals surface area (Å²) in [6.07, 6.45) is 2.13. The number of benzene rings is 2. The molecule has 2 heterocycles. The van der Waals surface area contributed by atoms with E-state index >= 15 is 0 Å². The number of nitrogens with zero attached hydrogens (tertiary/aromatic N) is 1. The zero-order valence-corrected chi connectivity index (χ0v) is 11.2. The second-order valence-electron chi connectivity index (χ2n) is 5.27. The van der Waals surface area contributed by atoms with E-state index in [0.29, 0.717) is 16.9 Å². The molecule has 3 nitrogen and oxygen atoms in total. The number of aromatic nitrogens is 2. The maximum Gasteiger partial charge on any atom is 0.161 e. The number of hydrogen-bond acceptors (Lipinski definition) is 2.